The quantitative estimate of drug-likeness (QED) is 0.440. The molecule has 1 amide bonds. The molecule has 0 spiro atoms. The number of nitrogens with zero attached hydrogens (tertiary/aromatic N) is 2. The van der Waals surface area contributed by atoms with Crippen molar-refractivity contribution in [2.45, 2.75) is 40.5 Å². The van der Waals surface area contributed by atoms with Crippen molar-refractivity contribution in [1.82, 2.24) is 20.1 Å². The predicted molar refractivity (Wildman–Crippen MR) is 115 cm³/mol. The molecule has 158 valence electrons. The topological polar surface area (TPSA) is 89.0 Å². The van der Waals surface area contributed by atoms with Crippen LogP contribution in [0.1, 0.15) is 56.7 Å². The fraction of sp³-hybridized carbons (Fsp3) is 0.348. The number of aryl methyl sites for hydroxylation is 3. The largest absolute Gasteiger partial charge is 0.462 e. The average Bonchev–Trinajstić information content (AvgIpc) is 3.25. The van der Waals surface area contributed by atoms with Gasteiger partial charge in [-0.25, -0.2) is 9.48 Å². The molecule has 3 rings (SSSR count). The van der Waals surface area contributed by atoms with E-state index >= 15 is 0 Å². The molecule has 0 aliphatic heterocycles. The van der Waals surface area contributed by atoms with Crippen LogP contribution in [0.3, 0.4) is 0 Å². The number of benzene rings is 1. The van der Waals surface area contributed by atoms with Crippen LogP contribution in [0.4, 0.5) is 0 Å². The van der Waals surface area contributed by atoms with Crippen LogP contribution in [0, 0.1) is 20.8 Å². The van der Waals surface area contributed by atoms with Gasteiger partial charge in [-0.05, 0) is 63.8 Å². The lowest BCUT2D eigenvalue weighted by Gasteiger charge is -2.05. The van der Waals surface area contributed by atoms with E-state index in [9.17, 15) is 9.59 Å². The maximum absolute atomic E-state index is 12.6. The van der Waals surface area contributed by atoms with Crippen LogP contribution in [0.15, 0.2) is 36.5 Å². The highest BCUT2D eigenvalue weighted by molar-refractivity contribution is 6.00. The second-order valence-electron chi connectivity index (χ2n) is 7.22. The molecule has 0 fully saturated rings. The summed E-state index contributed by atoms with van der Waals surface area (Å²) in [5.74, 6) is -0.628. The van der Waals surface area contributed by atoms with Gasteiger partial charge in [-0.3, -0.25) is 4.79 Å². The zero-order valence-corrected chi connectivity index (χ0v) is 17.9. The van der Waals surface area contributed by atoms with Gasteiger partial charge >= 0.3 is 5.97 Å². The first-order chi connectivity index (χ1) is 14.4. The van der Waals surface area contributed by atoms with Crippen LogP contribution in [-0.4, -0.2) is 39.8 Å². The molecule has 30 heavy (non-hydrogen) atoms. The lowest BCUT2D eigenvalue weighted by atomic mass is 10.1. The Labute approximate surface area is 176 Å². The first-order valence-corrected chi connectivity index (χ1v) is 10.2. The molecule has 7 heteroatoms. The second-order valence-corrected chi connectivity index (χ2v) is 7.22. The Hall–Kier alpha value is -3.35. The number of hydrogen-bond acceptors (Lipinski definition) is 4. The van der Waals surface area contributed by atoms with Crippen molar-refractivity contribution in [3.63, 3.8) is 0 Å². The van der Waals surface area contributed by atoms with Crippen molar-refractivity contribution in [1.29, 1.82) is 0 Å². The summed E-state index contributed by atoms with van der Waals surface area (Å²) in [6, 6.07) is 9.98. The van der Waals surface area contributed by atoms with Crippen LogP contribution in [-0.2, 0) is 11.2 Å². The molecule has 0 saturated carbocycles. The minimum atomic E-state index is -0.409. The van der Waals surface area contributed by atoms with Gasteiger partial charge < -0.3 is 15.0 Å². The Morgan fingerprint density at radius 2 is 1.90 bits per heavy atom. The molecule has 0 aliphatic rings. The molecule has 1 aromatic carbocycles. The van der Waals surface area contributed by atoms with E-state index in [0.29, 0.717) is 35.7 Å². The average molecular weight is 409 g/mol. The van der Waals surface area contributed by atoms with E-state index in [1.807, 2.05) is 48.1 Å². The van der Waals surface area contributed by atoms with Gasteiger partial charge in [-0.1, -0.05) is 18.2 Å². The van der Waals surface area contributed by atoms with Crippen molar-refractivity contribution in [3.8, 4) is 5.69 Å². The molecular weight excluding hydrogens is 380 g/mol. The van der Waals surface area contributed by atoms with Gasteiger partial charge in [-0.2, -0.15) is 5.10 Å². The third-order valence-corrected chi connectivity index (χ3v) is 5.07. The van der Waals surface area contributed by atoms with Crippen molar-refractivity contribution in [3.05, 3.63) is 70.3 Å². The molecule has 3 aromatic rings. The van der Waals surface area contributed by atoms with Gasteiger partial charge in [0.1, 0.15) is 5.69 Å². The minimum Gasteiger partial charge on any atom is -0.462 e. The fourth-order valence-corrected chi connectivity index (χ4v) is 3.51. The van der Waals surface area contributed by atoms with Crippen molar-refractivity contribution >= 4 is 11.9 Å². The smallest absolute Gasteiger partial charge is 0.340 e. The molecule has 2 N–H and O–H groups in total. The van der Waals surface area contributed by atoms with Crippen molar-refractivity contribution in [2.24, 2.45) is 0 Å². The number of H-pyrrole nitrogens is 1. The minimum absolute atomic E-state index is 0.220. The summed E-state index contributed by atoms with van der Waals surface area (Å²) in [6.07, 6.45) is 3.64. The molecule has 0 radical (unpaired) electrons. The number of ether oxygens (including phenoxy) is 1. The monoisotopic (exact) mass is 408 g/mol. The Balaban J connectivity index is 1.56. The Morgan fingerprint density at radius 3 is 2.60 bits per heavy atom. The van der Waals surface area contributed by atoms with Gasteiger partial charge in [0, 0.05) is 18.4 Å². The first kappa shape index (κ1) is 21.4. The van der Waals surface area contributed by atoms with Crippen LogP contribution >= 0.6 is 0 Å². The molecule has 0 saturated heterocycles. The molecule has 2 heterocycles. The number of esters is 1. The lowest BCUT2D eigenvalue weighted by molar-refractivity contribution is 0.0525. The Morgan fingerprint density at radius 1 is 1.17 bits per heavy atom. The SMILES string of the molecule is CCOC(=O)c1c(C)[nH]c(C(=O)NCCCc2cn(-c3ccccc3)nc2C)c1C. The molecule has 7 nitrogen and oxygen atoms in total. The third-order valence-electron chi connectivity index (χ3n) is 5.07. The number of rotatable bonds is 8. The van der Waals surface area contributed by atoms with Gasteiger partial charge in [0.15, 0.2) is 0 Å². The highest BCUT2D eigenvalue weighted by Crippen LogP contribution is 2.19. The molecule has 0 atom stereocenters. The number of aromatic amines is 1. The van der Waals surface area contributed by atoms with E-state index in [1.165, 1.54) is 0 Å². The number of amides is 1. The van der Waals surface area contributed by atoms with E-state index in [-0.39, 0.29) is 5.91 Å². The van der Waals surface area contributed by atoms with E-state index < -0.39 is 5.97 Å². The van der Waals surface area contributed by atoms with Gasteiger partial charge in [0.05, 0.1) is 23.6 Å². The zero-order chi connectivity index (χ0) is 21.7. The molecule has 0 aliphatic carbocycles. The highest BCUT2D eigenvalue weighted by atomic mass is 16.5. The van der Waals surface area contributed by atoms with E-state index in [2.05, 4.69) is 15.4 Å². The number of carbonyl (C=O) groups is 2. The van der Waals surface area contributed by atoms with E-state index in [1.54, 1.807) is 20.8 Å². The van der Waals surface area contributed by atoms with Gasteiger partial charge in [0.2, 0.25) is 0 Å². The first-order valence-electron chi connectivity index (χ1n) is 10.2. The van der Waals surface area contributed by atoms with Gasteiger partial charge in [0.25, 0.3) is 5.91 Å². The summed E-state index contributed by atoms with van der Waals surface area (Å²) in [5, 5.41) is 7.51. The maximum Gasteiger partial charge on any atom is 0.340 e. The summed E-state index contributed by atoms with van der Waals surface area (Å²) in [6.45, 7) is 8.10. The van der Waals surface area contributed by atoms with Crippen molar-refractivity contribution < 1.29 is 14.3 Å². The van der Waals surface area contributed by atoms with Gasteiger partial charge in [-0.15, -0.1) is 0 Å². The fourth-order valence-electron chi connectivity index (χ4n) is 3.51. The zero-order valence-electron chi connectivity index (χ0n) is 17.9. The van der Waals surface area contributed by atoms with Crippen LogP contribution in [0.25, 0.3) is 5.69 Å². The van der Waals surface area contributed by atoms with E-state index in [4.69, 9.17) is 4.74 Å². The second kappa shape index (κ2) is 9.43. The number of aromatic nitrogens is 3. The van der Waals surface area contributed by atoms with Crippen LogP contribution in [0.5, 0.6) is 0 Å². The predicted octanol–water partition coefficient (Wildman–Crippen LogP) is 3.66. The van der Waals surface area contributed by atoms with Crippen molar-refractivity contribution in [2.75, 3.05) is 13.2 Å². The molecule has 0 unspecified atom stereocenters. The van der Waals surface area contributed by atoms with Crippen LogP contribution in [0.2, 0.25) is 0 Å². The Bertz CT molecular complexity index is 1030. The summed E-state index contributed by atoms with van der Waals surface area (Å²) >= 11 is 0. The molecule has 2 aromatic heterocycles. The lowest BCUT2D eigenvalue weighted by Crippen LogP contribution is -2.26. The summed E-state index contributed by atoms with van der Waals surface area (Å²) in [4.78, 5) is 27.7. The van der Waals surface area contributed by atoms with Crippen LogP contribution < -0.4 is 5.32 Å². The summed E-state index contributed by atoms with van der Waals surface area (Å²) < 4.78 is 6.96. The number of hydrogen-bond donors (Lipinski definition) is 2. The number of carbonyl (C=O) groups excluding carboxylic acids is 2. The summed E-state index contributed by atoms with van der Waals surface area (Å²) in [5.41, 5.74) is 5.26. The Kier molecular flexibility index (Phi) is 6.72. The highest BCUT2D eigenvalue weighted by Gasteiger charge is 2.22. The number of nitrogens with one attached hydrogen (secondary N) is 2. The molecule has 0 bridgehead atoms. The summed E-state index contributed by atoms with van der Waals surface area (Å²) in [7, 11) is 0. The third kappa shape index (κ3) is 4.62. The number of para-hydroxylation sites is 1. The van der Waals surface area contributed by atoms with E-state index in [0.717, 1.165) is 29.8 Å². The standard InChI is InChI=1S/C23H28N4O3/c1-5-30-23(29)20-15(2)21(25-17(20)4)22(28)24-13-9-10-18-14-27(26-16(18)3)19-11-7-6-8-12-19/h6-8,11-12,14,25H,5,9-10,13H2,1-4H3,(H,24,28). The maximum atomic E-state index is 12.6. The molecular formula is C23H28N4O3. The normalized spacial score (nSPS) is 10.8.